The average Bonchev–Trinajstić information content (AvgIpc) is 2.30. The van der Waals surface area contributed by atoms with Crippen LogP contribution in [-0.4, -0.2) is 64.2 Å². The van der Waals surface area contributed by atoms with Gasteiger partial charge in [-0.1, -0.05) is 57.6 Å². The first-order chi connectivity index (χ1) is 7.83. The predicted molar refractivity (Wildman–Crippen MR) is 84.1 cm³/mol. The molecule has 0 spiro atoms. The van der Waals surface area contributed by atoms with Gasteiger partial charge in [0, 0.05) is 0 Å². The second-order valence-electron chi connectivity index (χ2n) is 4.54. The van der Waals surface area contributed by atoms with E-state index in [1.807, 2.05) is 12.1 Å². The van der Waals surface area contributed by atoms with Crippen molar-refractivity contribution in [2.75, 3.05) is 0 Å². The summed E-state index contributed by atoms with van der Waals surface area (Å²) in [6.45, 7) is 2.25. The van der Waals surface area contributed by atoms with Gasteiger partial charge in [-0.15, -0.1) is 0 Å². The number of phenols is 1. The van der Waals surface area contributed by atoms with E-state index in [4.69, 9.17) is 5.11 Å². The van der Waals surface area contributed by atoms with Gasteiger partial charge in [-0.2, -0.15) is 0 Å². The Kier molecular flexibility index (Phi) is 17.1. The molecule has 1 rings (SSSR count). The summed E-state index contributed by atoms with van der Waals surface area (Å²) in [6.07, 6.45) is 10.6. The summed E-state index contributed by atoms with van der Waals surface area (Å²) >= 11 is 0. The van der Waals surface area contributed by atoms with E-state index in [0.29, 0.717) is 5.75 Å². The number of rotatable bonds is 8. The monoisotopic (exact) mass is 268 g/mol. The Hall–Kier alpha value is 1.02. The van der Waals surface area contributed by atoms with Gasteiger partial charge in [-0.3, -0.25) is 0 Å². The summed E-state index contributed by atoms with van der Waals surface area (Å²) in [6, 6.07) is 7.59. The van der Waals surface area contributed by atoms with E-state index in [-0.39, 0.29) is 59.1 Å². The van der Waals surface area contributed by atoms with E-state index in [0.717, 1.165) is 6.42 Å². The number of phenolic OH excluding ortho intramolecular Hbond substituents is 1. The Labute approximate surface area is 156 Å². The van der Waals surface area contributed by atoms with Crippen molar-refractivity contribution in [2.45, 2.75) is 58.3 Å². The van der Waals surface area contributed by atoms with E-state index in [1.54, 1.807) is 12.1 Å². The van der Waals surface area contributed by atoms with Gasteiger partial charge in [-0.25, -0.2) is 0 Å². The molecule has 1 aromatic carbocycles. The molecule has 94 valence electrons. The molecule has 0 saturated heterocycles. The molecule has 0 aromatic heterocycles. The van der Waals surface area contributed by atoms with Crippen LogP contribution in [0, 0.1) is 0 Å². The van der Waals surface area contributed by atoms with Crippen LogP contribution >= 0.6 is 0 Å². The SMILES string of the molecule is CCCCCCCCCc1ccc(O)cc1.[NaH].[NaH]. The fourth-order valence-corrected chi connectivity index (χ4v) is 1.95. The molecule has 0 atom stereocenters. The van der Waals surface area contributed by atoms with Crippen LogP contribution in [0.4, 0.5) is 0 Å². The zero-order chi connectivity index (χ0) is 11.6. The first-order valence-electron chi connectivity index (χ1n) is 6.61. The quantitative estimate of drug-likeness (QED) is 0.566. The summed E-state index contributed by atoms with van der Waals surface area (Å²) in [5.74, 6) is 0.364. The van der Waals surface area contributed by atoms with Gasteiger partial charge in [0.05, 0.1) is 0 Å². The molecule has 0 aliphatic carbocycles. The fraction of sp³-hybridized carbons (Fsp3) is 0.600. The van der Waals surface area contributed by atoms with E-state index >= 15 is 0 Å². The molecule has 1 N–H and O–H groups in total. The molecular weight excluding hydrogens is 242 g/mol. The summed E-state index contributed by atoms with van der Waals surface area (Å²) in [5.41, 5.74) is 1.34. The van der Waals surface area contributed by atoms with Gasteiger partial charge in [-0.05, 0) is 30.5 Å². The fourth-order valence-electron chi connectivity index (χ4n) is 1.95. The first kappa shape index (κ1) is 21.3. The second kappa shape index (κ2) is 14.4. The van der Waals surface area contributed by atoms with Crippen molar-refractivity contribution in [1.29, 1.82) is 0 Å². The van der Waals surface area contributed by atoms with Crippen LogP contribution in [0.2, 0.25) is 0 Å². The Balaban J connectivity index is 0. The minimum atomic E-state index is 0. The zero-order valence-corrected chi connectivity index (χ0v) is 10.4. The van der Waals surface area contributed by atoms with E-state index in [1.165, 1.54) is 50.5 Å². The van der Waals surface area contributed by atoms with Crippen LogP contribution in [-0.2, 0) is 6.42 Å². The number of aromatic hydroxyl groups is 1. The summed E-state index contributed by atoms with van der Waals surface area (Å²) in [7, 11) is 0. The third-order valence-corrected chi connectivity index (χ3v) is 3.01. The molecule has 0 radical (unpaired) electrons. The van der Waals surface area contributed by atoms with Crippen LogP contribution in [0.3, 0.4) is 0 Å². The Bertz CT molecular complexity index is 272. The van der Waals surface area contributed by atoms with Crippen molar-refractivity contribution in [2.24, 2.45) is 0 Å². The van der Waals surface area contributed by atoms with Crippen LogP contribution in [0.5, 0.6) is 5.75 Å². The number of hydrogen-bond acceptors (Lipinski definition) is 1. The van der Waals surface area contributed by atoms with Crippen LogP contribution in [0.25, 0.3) is 0 Å². The van der Waals surface area contributed by atoms with Crippen molar-refractivity contribution in [3.8, 4) is 5.75 Å². The molecule has 0 bridgehead atoms. The van der Waals surface area contributed by atoms with Gasteiger partial charge < -0.3 is 5.11 Å². The van der Waals surface area contributed by atoms with Crippen molar-refractivity contribution in [3.05, 3.63) is 29.8 Å². The molecule has 0 unspecified atom stereocenters. The molecule has 0 aliphatic rings. The molecule has 18 heavy (non-hydrogen) atoms. The summed E-state index contributed by atoms with van der Waals surface area (Å²) in [4.78, 5) is 0. The molecule has 1 aromatic rings. The van der Waals surface area contributed by atoms with Crippen molar-refractivity contribution < 1.29 is 5.11 Å². The second-order valence-corrected chi connectivity index (χ2v) is 4.54. The summed E-state index contributed by atoms with van der Waals surface area (Å²) in [5, 5.41) is 9.15. The minimum absolute atomic E-state index is 0. The molecule has 0 aliphatic heterocycles. The maximum atomic E-state index is 9.15. The number of aryl methyl sites for hydroxylation is 1. The topological polar surface area (TPSA) is 20.2 Å². The molecule has 0 saturated carbocycles. The van der Waals surface area contributed by atoms with Crippen LogP contribution in [0.1, 0.15) is 57.4 Å². The predicted octanol–water partition coefficient (Wildman–Crippen LogP) is 3.39. The van der Waals surface area contributed by atoms with Crippen molar-refractivity contribution in [1.82, 2.24) is 0 Å². The standard InChI is InChI=1S/C15H24O.2Na.2H/c1-2-3-4-5-6-7-8-9-14-10-12-15(16)13-11-14;;;;/h10-13,16H,2-9H2,1H3;;;;. The molecule has 0 heterocycles. The normalized spacial score (nSPS) is 9.39. The van der Waals surface area contributed by atoms with Crippen molar-refractivity contribution in [3.63, 3.8) is 0 Å². The van der Waals surface area contributed by atoms with Crippen LogP contribution < -0.4 is 0 Å². The van der Waals surface area contributed by atoms with Crippen LogP contribution in [0.15, 0.2) is 24.3 Å². The number of benzene rings is 1. The van der Waals surface area contributed by atoms with E-state index in [2.05, 4.69) is 6.92 Å². The number of unbranched alkanes of at least 4 members (excludes halogenated alkanes) is 6. The molecule has 1 nitrogen and oxygen atoms in total. The van der Waals surface area contributed by atoms with Gasteiger partial charge >= 0.3 is 59.1 Å². The Morgan fingerprint density at radius 2 is 1.28 bits per heavy atom. The third kappa shape index (κ3) is 10.9. The third-order valence-electron chi connectivity index (χ3n) is 3.01. The molecule has 0 fully saturated rings. The molecule has 0 amide bonds. The average molecular weight is 268 g/mol. The maximum absolute atomic E-state index is 9.15. The van der Waals surface area contributed by atoms with Crippen molar-refractivity contribution >= 4 is 59.1 Å². The molecule has 3 heteroatoms. The van der Waals surface area contributed by atoms with Gasteiger partial charge in [0.1, 0.15) is 5.75 Å². The Morgan fingerprint density at radius 3 is 1.83 bits per heavy atom. The van der Waals surface area contributed by atoms with E-state index in [9.17, 15) is 0 Å². The van der Waals surface area contributed by atoms with Gasteiger partial charge in [0.2, 0.25) is 0 Å². The number of hydrogen-bond donors (Lipinski definition) is 1. The molecular formula is C15H26Na2O. The van der Waals surface area contributed by atoms with E-state index < -0.39 is 0 Å². The summed E-state index contributed by atoms with van der Waals surface area (Å²) < 4.78 is 0. The zero-order valence-electron chi connectivity index (χ0n) is 10.4. The van der Waals surface area contributed by atoms with Gasteiger partial charge in [0.15, 0.2) is 0 Å². The Morgan fingerprint density at radius 1 is 0.778 bits per heavy atom. The first-order valence-corrected chi connectivity index (χ1v) is 6.61. The van der Waals surface area contributed by atoms with Gasteiger partial charge in [0.25, 0.3) is 0 Å².